The Morgan fingerprint density at radius 1 is 1.25 bits per heavy atom. The van der Waals surface area contributed by atoms with Crippen molar-refractivity contribution in [3.8, 4) is 0 Å². The highest BCUT2D eigenvalue weighted by molar-refractivity contribution is 7.66. The van der Waals surface area contributed by atoms with Gasteiger partial charge in [-0.2, -0.15) is 8.62 Å². The summed E-state index contributed by atoms with van der Waals surface area (Å²) >= 11 is 0. The zero-order chi connectivity index (χ0) is 24.8. The minimum atomic E-state index is -5.80. The maximum absolute atomic E-state index is 13.8. The normalized spacial score (nSPS) is 34.8. The number of halogens is 1. The van der Waals surface area contributed by atoms with Gasteiger partial charge in [-0.1, -0.05) is 6.58 Å². The van der Waals surface area contributed by atoms with Crippen LogP contribution in [-0.4, -0.2) is 77.4 Å². The van der Waals surface area contributed by atoms with E-state index in [1.54, 1.807) is 0 Å². The second-order valence-electron chi connectivity index (χ2n) is 6.83. The first kappa shape index (κ1) is 27.2. The molecule has 20 heteroatoms. The second kappa shape index (κ2) is 8.96. The number of alkyl halides is 1. The van der Waals surface area contributed by atoms with Gasteiger partial charge in [0.2, 0.25) is 0 Å². The number of amides is 1. The number of aliphatic hydroxyl groups excluding tert-OH is 1. The van der Waals surface area contributed by atoms with Crippen LogP contribution in [0.1, 0.15) is 6.92 Å². The molecule has 3 unspecified atom stereocenters. The third-order valence-corrected chi connectivity index (χ3v) is 8.01. The molecule has 2 heterocycles. The summed E-state index contributed by atoms with van der Waals surface area (Å²) in [6.45, 7) is 1.73. The standard InChI is InChI=1S/C12H20FN2O14P3/c1-7-14-8(16)3-4-15(7)10-12(18,5-13)9(17)11(2,27-10)6-26-31(22,23)29-32(24,25)28-30(19,20)21/h3-4,9-10,17-18H,1,5-6H2,2H3,(H,14,16)(H,22,23)(H,24,25)(H2,19,20,21)/t9-,10+,11+,12?/m0/s1. The van der Waals surface area contributed by atoms with Crippen molar-refractivity contribution < 1.29 is 70.5 Å². The van der Waals surface area contributed by atoms with Gasteiger partial charge in [0.1, 0.15) is 24.2 Å². The van der Waals surface area contributed by atoms with Crippen LogP contribution in [0.25, 0.3) is 0 Å². The molecular formula is C12H20FN2O14P3. The van der Waals surface area contributed by atoms with Gasteiger partial charge in [0, 0.05) is 12.3 Å². The smallest absolute Gasteiger partial charge is 0.387 e. The number of hydrogen-bond donors (Lipinski definition) is 7. The minimum absolute atomic E-state index is 0.168. The Morgan fingerprint density at radius 2 is 1.84 bits per heavy atom. The van der Waals surface area contributed by atoms with Gasteiger partial charge in [-0.05, 0) is 6.92 Å². The lowest BCUT2D eigenvalue weighted by atomic mass is 9.88. The van der Waals surface area contributed by atoms with E-state index in [0.717, 1.165) is 24.1 Å². The fourth-order valence-corrected chi connectivity index (χ4v) is 5.97. The number of nitrogens with one attached hydrogen (secondary N) is 1. The largest absolute Gasteiger partial charge is 0.490 e. The van der Waals surface area contributed by atoms with Crippen LogP contribution in [0.3, 0.4) is 0 Å². The number of phosphoric acid groups is 3. The average molecular weight is 528 g/mol. The summed E-state index contributed by atoms with van der Waals surface area (Å²) in [6.07, 6.45) is -1.84. The first-order chi connectivity index (χ1) is 14.3. The van der Waals surface area contributed by atoms with E-state index in [0.29, 0.717) is 0 Å². The Hall–Kier alpha value is -1.03. The summed E-state index contributed by atoms with van der Waals surface area (Å²) in [6, 6.07) is 0. The molecule has 0 spiro atoms. The number of hydrogen-bond acceptors (Lipinski definition) is 11. The summed E-state index contributed by atoms with van der Waals surface area (Å²) < 4.78 is 64.7. The summed E-state index contributed by atoms with van der Waals surface area (Å²) in [7, 11) is -17.0. The molecule has 0 aromatic rings. The molecule has 7 N–H and O–H groups in total. The van der Waals surface area contributed by atoms with Gasteiger partial charge < -0.3 is 44.7 Å². The quantitative estimate of drug-likeness (QED) is 0.176. The van der Waals surface area contributed by atoms with Crippen LogP contribution in [0.2, 0.25) is 0 Å². The zero-order valence-corrected chi connectivity index (χ0v) is 18.7. The molecule has 0 aromatic carbocycles. The van der Waals surface area contributed by atoms with Crippen molar-refractivity contribution in [2.24, 2.45) is 0 Å². The molecule has 6 atom stereocenters. The van der Waals surface area contributed by atoms with Crippen LogP contribution < -0.4 is 5.32 Å². The fourth-order valence-electron chi connectivity index (χ4n) is 2.85. The number of phosphoric ester groups is 1. The molecule has 2 rings (SSSR count). The zero-order valence-electron chi connectivity index (χ0n) is 16.0. The van der Waals surface area contributed by atoms with E-state index >= 15 is 0 Å². The van der Waals surface area contributed by atoms with Crippen molar-refractivity contribution in [2.45, 2.75) is 30.5 Å². The lowest BCUT2D eigenvalue weighted by Gasteiger charge is -2.37. The summed E-state index contributed by atoms with van der Waals surface area (Å²) in [5, 5.41) is 23.4. The summed E-state index contributed by atoms with van der Waals surface area (Å²) in [4.78, 5) is 48.1. The van der Waals surface area contributed by atoms with Crippen LogP contribution in [0, 0.1) is 0 Å². The van der Waals surface area contributed by atoms with Gasteiger partial charge in [0.05, 0.1) is 6.61 Å². The first-order valence-electron chi connectivity index (χ1n) is 8.23. The molecule has 1 amide bonds. The van der Waals surface area contributed by atoms with E-state index in [-0.39, 0.29) is 5.82 Å². The minimum Gasteiger partial charge on any atom is -0.387 e. The predicted molar refractivity (Wildman–Crippen MR) is 98.3 cm³/mol. The molecule has 32 heavy (non-hydrogen) atoms. The highest BCUT2D eigenvalue weighted by Gasteiger charge is 2.64. The summed E-state index contributed by atoms with van der Waals surface area (Å²) in [5.74, 6) is -0.761. The van der Waals surface area contributed by atoms with Gasteiger partial charge in [0.25, 0.3) is 5.91 Å². The molecule has 16 nitrogen and oxygen atoms in total. The van der Waals surface area contributed by atoms with E-state index in [9.17, 15) is 38.0 Å². The second-order valence-corrected chi connectivity index (χ2v) is 11.3. The molecule has 1 saturated heterocycles. The lowest BCUT2D eigenvalue weighted by molar-refractivity contribution is -0.143. The van der Waals surface area contributed by atoms with Crippen molar-refractivity contribution in [3.63, 3.8) is 0 Å². The highest BCUT2D eigenvalue weighted by atomic mass is 31.3. The van der Waals surface area contributed by atoms with Gasteiger partial charge >= 0.3 is 23.5 Å². The molecule has 2 aliphatic rings. The number of nitrogens with zero attached hydrogens (tertiary/aromatic N) is 1. The summed E-state index contributed by atoms with van der Waals surface area (Å²) in [5.41, 5.74) is -4.84. The third kappa shape index (κ3) is 6.10. The maximum atomic E-state index is 13.8. The van der Waals surface area contributed by atoms with Crippen molar-refractivity contribution in [2.75, 3.05) is 13.3 Å². The molecular weight excluding hydrogens is 508 g/mol. The van der Waals surface area contributed by atoms with E-state index in [2.05, 4.69) is 25.0 Å². The molecule has 0 bridgehead atoms. The molecule has 0 aliphatic carbocycles. The SMILES string of the molecule is C=C1NC(=O)C=CN1[C@@H]1O[C@](C)(COP(=O)(O)OP(=O)(O)OP(=O)(O)O)[C@H](O)C1(O)CF. The van der Waals surface area contributed by atoms with Crippen LogP contribution in [0.5, 0.6) is 0 Å². The van der Waals surface area contributed by atoms with Crippen molar-refractivity contribution in [3.05, 3.63) is 24.7 Å². The van der Waals surface area contributed by atoms with E-state index < -0.39 is 66.2 Å². The van der Waals surface area contributed by atoms with Gasteiger partial charge in [-0.3, -0.25) is 9.32 Å². The lowest BCUT2D eigenvalue weighted by Crippen LogP contribution is -2.58. The monoisotopic (exact) mass is 528 g/mol. The van der Waals surface area contributed by atoms with E-state index in [1.165, 1.54) is 0 Å². The van der Waals surface area contributed by atoms with Crippen molar-refractivity contribution in [1.29, 1.82) is 0 Å². The Morgan fingerprint density at radius 3 is 2.34 bits per heavy atom. The molecule has 0 radical (unpaired) electrons. The maximum Gasteiger partial charge on any atom is 0.490 e. The number of carbonyl (C=O) groups excluding carboxylic acids is 1. The first-order valence-corrected chi connectivity index (χ1v) is 12.8. The Labute approximate surface area is 179 Å². The Balaban J connectivity index is 2.21. The van der Waals surface area contributed by atoms with E-state index in [4.69, 9.17) is 19.4 Å². The Kier molecular flexibility index (Phi) is 7.62. The Bertz CT molecular complexity index is 955. The van der Waals surface area contributed by atoms with E-state index in [1.807, 2.05) is 0 Å². The van der Waals surface area contributed by atoms with Crippen LogP contribution in [0.4, 0.5) is 4.39 Å². The molecule has 0 saturated carbocycles. The number of ether oxygens (including phenoxy) is 1. The number of aliphatic hydroxyl groups is 2. The molecule has 0 aromatic heterocycles. The van der Waals surface area contributed by atoms with Crippen molar-refractivity contribution in [1.82, 2.24) is 10.2 Å². The average Bonchev–Trinajstić information content (AvgIpc) is 2.80. The van der Waals surface area contributed by atoms with Crippen molar-refractivity contribution >= 4 is 29.4 Å². The predicted octanol–water partition coefficient (Wildman–Crippen LogP) is -1.08. The number of rotatable bonds is 9. The van der Waals surface area contributed by atoms with Gasteiger partial charge in [0.15, 0.2) is 11.8 Å². The topological polar surface area (TPSA) is 242 Å². The van der Waals surface area contributed by atoms with Crippen LogP contribution in [0.15, 0.2) is 24.7 Å². The fraction of sp³-hybridized carbons (Fsp3) is 0.583. The molecule has 1 fully saturated rings. The molecule has 184 valence electrons. The van der Waals surface area contributed by atoms with Gasteiger partial charge in [-0.25, -0.2) is 18.1 Å². The molecule has 2 aliphatic heterocycles. The highest BCUT2D eigenvalue weighted by Crippen LogP contribution is 2.66. The van der Waals surface area contributed by atoms with Crippen LogP contribution in [-0.2, 0) is 36.4 Å². The third-order valence-electron chi connectivity index (χ3n) is 4.22. The van der Waals surface area contributed by atoms with Crippen LogP contribution >= 0.6 is 23.5 Å². The van der Waals surface area contributed by atoms with Gasteiger partial charge in [-0.15, -0.1) is 0 Å². The number of carbonyl (C=O) groups is 1.